The maximum absolute atomic E-state index is 12.6. The largest absolute Gasteiger partial charge is 0.492 e. The number of carbonyl (C=O) groups is 3. The van der Waals surface area contributed by atoms with Gasteiger partial charge in [-0.3, -0.25) is 9.59 Å². The van der Waals surface area contributed by atoms with E-state index in [1.807, 2.05) is 25.1 Å². The lowest BCUT2D eigenvalue weighted by atomic mass is 10.2. The second-order valence-corrected chi connectivity index (χ2v) is 7.35. The summed E-state index contributed by atoms with van der Waals surface area (Å²) >= 11 is 1.32. The molecular formula is C20H18N4O4S. The number of hydrogen-bond acceptors (Lipinski definition) is 6. The molecule has 1 aromatic heterocycles. The number of anilines is 2. The molecule has 4 amide bonds. The average Bonchev–Trinajstić information content (AvgIpc) is 3.23. The van der Waals surface area contributed by atoms with Crippen LogP contribution in [0.1, 0.15) is 13.3 Å². The van der Waals surface area contributed by atoms with Crippen LogP contribution < -0.4 is 20.3 Å². The first-order valence-corrected chi connectivity index (χ1v) is 9.90. The highest BCUT2D eigenvalue weighted by Crippen LogP contribution is 2.32. The summed E-state index contributed by atoms with van der Waals surface area (Å²) in [5.74, 6) is -0.214. The molecule has 2 heterocycles. The molecule has 148 valence electrons. The van der Waals surface area contributed by atoms with Gasteiger partial charge in [0.1, 0.15) is 17.3 Å². The van der Waals surface area contributed by atoms with Crippen molar-refractivity contribution in [1.82, 2.24) is 10.3 Å². The first-order valence-electron chi connectivity index (χ1n) is 9.08. The minimum Gasteiger partial charge on any atom is -0.492 e. The van der Waals surface area contributed by atoms with E-state index in [1.165, 1.54) is 11.3 Å². The number of benzene rings is 2. The van der Waals surface area contributed by atoms with Gasteiger partial charge in [0, 0.05) is 0 Å². The quantitative estimate of drug-likeness (QED) is 0.608. The summed E-state index contributed by atoms with van der Waals surface area (Å²) in [4.78, 5) is 42.7. The molecular weight excluding hydrogens is 392 g/mol. The Hall–Kier alpha value is -3.46. The van der Waals surface area contributed by atoms with E-state index in [0.717, 1.165) is 9.60 Å². The van der Waals surface area contributed by atoms with Crippen molar-refractivity contribution >= 4 is 50.2 Å². The topological polar surface area (TPSA) is 101 Å². The molecule has 0 spiro atoms. The van der Waals surface area contributed by atoms with E-state index >= 15 is 0 Å². The lowest BCUT2D eigenvalue weighted by molar-refractivity contribution is -0.122. The van der Waals surface area contributed by atoms with Gasteiger partial charge in [-0.25, -0.2) is 14.7 Å². The molecule has 0 unspecified atom stereocenters. The fourth-order valence-corrected chi connectivity index (χ4v) is 4.00. The fraction of sp³-hybridized carbons (Fsp3) is 0.200. The number of fused-ring (bicyclic) bond motifs is 1. The lowest BCUT2D eigenvalue weighted by Crippen LogP contribution is -2.34. The molecule has 2 aromatic carbocycles. The van der Waals surface area contributed by atoms with Crippen molar-refractivity contribution in [2.45, 2.75) is 19.4 Å². The van der Waals surface area contributed by atoms with Gasteiger partial charge in [-0.05, 0) is 31.2 Å². The molecule has 0 aliphatic carbocycles. The normalized spacial score (nSPS) is 16.2. The van der Waals surface area contributed by atoms with Gasteiger partial charge in [-0.2, -0.15) is 0 Å². The zero-order valence-electron chi connectivity index (χ0n) is 15.5. The van der Waals surface area contributed by atoms with Crippen LogP contribution in [0, 0.1) is 0 Å². The van der Waals surface area contributed by atoms with Crippen molar-refractivity contribution in [1.29, 1.82) is 0 Å². The van der Waals surface area contributed by atoms with E-state index in [4.69, 9.17) is 4.74 Å². The molecule has 29 heavy (non-hydrogen) atoms. The van der Waals surface area contributed by atoms with Crippen molar-refractivity contribution in [2.24, 2.45) is 0 Å². The summed E-state index contributed by atoms with van der Waals surface area (Å²) in [5.41, 5.74) is 1.14. The molecule has 9 heteroatoms. The second kappa shape index (κ2) is 7.88. The second-order valence-electron chi connectivity index (χ2n) is 6.32. The number of urea groups is 1. The third kappa shape index (κ3) is 3.77. The van der Waals surface area contributed by atoms with E-state index in [1.54, 1.807) is 30.3 Å². The Balaban J connectivity index is 1.45. The third-order valence-corrected chi connectivity index (χ3v) is 5.29. The smallest absolute Gasteiger partial charge is 0.329 e. The van der Waals surface area contributed by atoms with Gasteiger partial charge in [-0.1, -0.05) is 35.6 Å². The highest BCUT2D eigenvalue weighted by Gasteiger charge is 2.40. The Bertz CT molecular complexity index is 1080. The predicted molar refractivity (Wildman–Crippen MR) is 110 cm³/mol. The first kappa shape index (κ1) is 18.9. The molecule has 2 N–H and O–H groups in total. The first-order chi connectivity index (χ1) is 14.1. The number of nitrogens with zero attached hydrogens (tertiary/aromatic N) is 2. The Morgan fingerprint density at radius 1 is 1.21 bits per heavy atom. The maximum atomic E-state index is 12.6. The van der Waals surface area contributed by atoms with Gasteiger partial charge in [-0.15, -0.1) is 0 Å². The summed E-state index contributed by atoms with van der Waals surface area (Å²) in [6.45, 7) is 2.40. The number of imide groups is 1. The van der Waals surface area contributed by atoms with Crippen LogP contribution in [0.5, 0.6) is 5.75 Å². The van der Waals surface area contributed by atoms with Gasteiger partial charge >= 0.3 is 6.03 Å². The lowest BCUT2D eigenvalue weighted by Gasteiger charge is -2.12. The van der Waals surface area contributed by atoms with Crippen LogP contribution in [0.3, 0.4) is 0 Å². The highest BCUT2D eigenvalue weighted by molar-refractivity contribution is 7.22. The summed E-state index contributed by atoms with van der Waals surface area (Å²) in [6, 6.07) is 12.7. The molecule has 1 aliphatic rings. The van der Waals surface area contributed by atoms with Crippen molar-refractivity contribution in [3.63, 3.8) is 0 Å². The summed E-state index contributed by atoms with van der Waals surface area (Å²) in [5, 5.41) is 5.68. The minimum atomic E-state index is -0.920. The van der Waals surface area contributed by atoms with E-state index in [0.29, 0.717) is 28.7 Å². The van der Waals surface area contributed by atoms with Crippen LogP contribution in [0.4, 0.5) is 15.6 Å². The van der Waals surface area contributed by atoms with E-state index in [9.17, 15) is 14.4 Å². The summed E-state index contributed by atoms with van der Waals surface area (Å²) in [6.07, 6.45) is -0.178. The van der Waals surface area contributed by atoms with Crippen molar-refractivity contribution in [3.8, 4) is 5.75 Å². The number of carbonyl (C=O) groups excluding carboxylic acids is 3. The van der Waals surface area contributed by atoms with Gasteiger partial charge in [0.15, 0.2) is 5.13 Å². The number of thiazole rings is 1. The minimum absolute atomic E-state index is 0.178. The van der Waals surface area contributed by atoms with Gasteiger partial charge in [0.2, 0.25) is 5.91 Å². The van der Waals surface area contributed by atoms with Gasteiger partial charge in [0.05, 0.1) is 23.4 Å². The Labute approximate surface area is 170 Å². The van der Waals surface area contributed by atoms with E-state index in [-0.39, 0.29) is 6.42 Å². The number of para-hydroxylation sites is 2. The van der Waals surface area contributed by atoms with Crippen LogP contribution in [0.2, 0.25) is 0 Å². The van der Waals surface area contributed by atoms with Gasteiger partial charge in [0.25, 0.3) is 5.91 Å². The molecule has 4 rings (SSSR count). The van der Waals surface area contributed by atoms with Crippen LogP contribution in [0.25, 0.3) is 10.2 Å². The Kier molecular flexibility index (Phi) is 5.13. The number of rotatable bonds is 6. The molecule has 1 aliphatic heterocycles. The molecule has 0 radical (unpaired) electrons. The SMILES string of the molecule is CCOc1cccc2sc(NC(=O)C[C@H]3NC(=O)N(c4ccccc4)C3=O)nc12. The molecule has 1 saturated heterocycles. The van der Waals surface area contributed by atoms with E-state index in [2.05, 4.69) is 15.6 Å². The number of ether oxygens (including phenoxy) is 1. The zero-order chi connectivity index (χ0) is 20.4. The Morgan fingerprint density at radius 3 is 2.76 bits per heavy atom. The fourth-order valence-electron chi connectivity index (χ4n) is 3.10. The number of amides is 4. The molecule has 3 aromatic rings. The number of aromatic nitrogens is 1. The van der Waals surface area contributed by atoms with Crippen LogP contribution in [0.15, 0.2) is 48.5 Å². The average molecular weight is 410 g/mol. The van der Waals surface area contributed by atoms with E-state index < -0.39 is 23.9 Å². The van der Waals surface area contributed by atoms with Crippen molar-refractivity contribution in [3.05, 3.63) is 48.5 Å². The standard InChI is InChI=1S/C20H18N4O4S/c1-2-28-14-9-6-10-15-17(14)23-19(29-15)22-16(25)11-13-18(26)24(20(27)21-13)12-7-4-3-5-8-12/h3-10,13H,2,11H2,1H3,(H,21,27)(H,22,23,25)/t13-/m1/s1. The third-order valence-electron chi connectivity index (χ3n) is 4.35. The molecule has 8 nitrogen and oxygen atoms in total. The molecule has 0 bridgehead atoms. The Morgan fingerprint density at radius 2 is 2.00 bits per heavy atom. The summed E-state index contributed by atoms with van der Waals surface area (Å²) < 4.78 is 6.44. The monoisotopic (exact) mass is 410 g/mol. The number of nitrogens with one attached hydrogen (secondary N) is 2. The number of hydrogen-bond donors (Lipinski definition) is 2. The van der Waals surface area contributed by atoms with Crippen molar-refractivity contribution in [2.75, 3.05) is 16.8 Å². The highest BCUT2D eigenvalue weighted by atomic mass is 32.1. The maximum Gasteiger partial charge on any atom is 0.329 e. The van der Waals surface area contributed by atoms with Crippen LogP contribution >= 0.6 is 11.3 Å². The molecule has 0 saturated carbocycles. The summed E-state index contributed by atoms with van der Waals surface area (Å²) in [7, 11) is 0. The zero-order valence-corrected chi connectivity index (χ0v) is 16.4. The van der Waals surface area contributed by atoms with Crippen molar-refractivity contribution < 1.29 is 19.1 Å². The predicted octanol–water partition coefficient (Wildman–Crippen LogP) is 3.15. The van der Waals surface area contributed by atoms with Crippen LogP contribution in [-0.4, -0.2) is 35.5 Å². The van der Waals surface area contributed by atoms with Gasteiger partial charge < -0.3 is 15.4 Å². The molecule has 1 atom stereocenters. The van der Waals surface area contributed by atoms with Crippen LogP contribution in [-0.2, 0) is 9.59 Å². The molecule has 1 fully saturated rings.